The lowest BCUT2D eigenvalue weighted by atomic mass is 10.1. The molecule has 2 amide bonds. The smallest absolute Gasteiger partial charge is 0.229 e. The van der Waals surface area contributed by atoms with Gasteiger partial charge in [-0.05, 0) is 48.5 Å². The van der Waals surface area contributed by atoms with E-state index in [1.807, 2.05) is 67.5 Å². The lowest BCUT2D eigenvalue weighted by Gasteiger charge is -2.17. The van der Waals surface area contributed by atoms with Gasteiger partial charge in [0, 0.05) is 44.1 Å². The number of methoxy groups -OCH3 is 1. The van der Waals surface area contributed by atoms with Gasteiger partial charge in [0.25, 0.3) is 0 Å². The Balaban J connectivity index is 1.64. The Morgan fingerprint density at radius 2 is 1.77 bits per heavy atom. The molecule has 2 aromatic carbocycles. The van der Waals surface area contributed by atoms with E-state index in [4.69, 9.17) is 4.74 Å². The second kappa shape index (κ2) is 7.47. The van der Waals surface area contributed by atoms with Gasteiger partial charge in [-0.2, -0.15) is 0 Å². The summed E-state index contributed by atoms with van der Waals surface area (Å²) in [6.07, 6.45) is 0.216. The van der Waals surface area contributed by atoms with Crippen LogP contribution in [0.1, 0.15) is 6.42 Å². The zero-order valence-electron chi connectivity index (χ0n) is 15.2. The van der Waals surface area contributed by atoms with E-state index in [9.17, 15) is 9.59 Å². The number of ether oxygens (including phenoxy) is 1. The highest BCUT2D eigenvalue weighted by atomic mass is 16.5. The maximum atomic E-state index is 12.5. The second-order valence-corrected chi connectivity index (χ2v) is 6.53. The molecule has 0 saturated carbocycles. The van der Waals surface area contributed by atoms with E-state index in [-0.39, 0.29) is 24.2 Å². The maximum absolute atomic E-state index is 12.5. The minimum atomic E-state index is -0.363. The van der Waals surface area contributed by atoms with Crippen LogP contribution in [-0.2, 0) is 9.59 Å². The minimum Gasteiger partial charge on any atom is -0.497 e. The molecule has 0 aliphatic carbocycles. The predicted octanol–water partition coefficient (Wildman–Crippen LogP) is 2.75. The number of carbonyl (C=O) groups excluding carboxylic acids is 2. The first-order chi connectivity index (χ1) is 12.5. The summed E-state index contributed by atoms with van der Waals surface area (Å²) < 4.78 is 5.14. The summed E-state index contributed by atoms with van der Waals surface area (Å²) in [5.74, 6) is 0.194. The van der Waals surface area contributed by atoms with Crippen molar-refractivity contribution in [2.24, 2.45) is 5.92 Å². The van der Waals surface area contributed by atoms with E-state index in [1.54, 1.807) is 12.0 Å². The van der Waals surface area contributed by atoms with Gasteiger partial charge in [-0.3, -0.25) is 9.59 Å². The molecule has 0 radical (unpaired) electrons. The Labute approximate surface area is 153 Å². The van der Waals surface area contributed by atoms with Crippen molar-refractivity contribution in [3.8, 4) is 5.75 Å². The van der Waals surface area contributed by atoms with Gasteiger partial charge in [0.1, 0.15) is 5.75 Å². The molecule has 1 heterocycles. The summed E-state index contributed by atoms with van der Waals surface area (Å²) in [5, 5.41) is 2.90. The van der Waals surface area contributed by atoms with Gasteiger partial charge in [0.15, 0.2) is 0 Å². The number of nitrogens with one attached hydrogen (secondary N) is 1. The topological polar surface area (TPSA) is 61.9 Å². The third kappa shape index (κ3) is 3.79. The predicted molar refractivity (Wildman–Crippen MR) is 103 cm³/mol. The van der Waals surface area contributed by atoms with Gasteiger partial charge in [-0.15, -0.1) is 0 Å². The van der Waals surface area contributed by atoms with Crippen LogP contribution in [0.5, 0.6) is 5.75 Å². The molecule has 1 fully saturated rings. The SMILES string of the molecule is COc1ccc(N2C[C@H](C(=O)Nc3ccc(N(C)C)cc3)CC2=O)cc1. The van der Waals surface area contributed by atoms with E-state index in [1.165, 1.54) is 0 Å². The average Bonchev–Trinajstić information content (AvgIpc) is 3.04. The molecule has 0 bridgehead atoms. The van der Waals surface area contributed by atoms with Gasteiger partial charge >= 0.3 is 0 Å². The highest BCUT2D eigenvalue weighted by molar-refractivity contribution is 6.03. The first-order valence-corrected chi connectivity index (χ1v) is 8.50. The van der Waals surface area contributed by atoms with Crippen molar-refractivity contribution in [3.63, 3.8) is 0 Å². The molecule has 2 aromatic rings. The minimum absolute atomic E-state index is 0.0433. The van der Waals surface area contributed by atoms with Crippen molar-refractivity contribution in [1.82, 2.24) is 0 Å². The number of benzene rings is 2. The summed E-state index contributed by atoms with van der Waals surface area (Å²) in [6, 6.07) is 14.9. The van der Waals surface area contributed by atoms with Gasteiger partial charge in [0.2, 0.25) is 11.8 Å². The van der Waals surface area contributed by atoms with E-state index in [0.717, 1.165) is 22.8 Å². The molecule has 0 aromatic heterocycles. The number of amides is 2. The van der Waals surface area contributed by atoms with Crippen molar-refractivity contribution >= 4 is 28.9 Å². The second-order valence-electron chi connectivity index (χ2n) is 6.53. The van der Waals surface area contributed by atoms with Crippen molar-refractivity contribution in [1.29, 1.82) is 0 Å². The molecule has 1 N–H and O–H groups in total. The molecule has 6 nitrogen and oxygen atoms in total. The molecule has 3 rings (SSSR count). The zero-order valence-corrected chi connectivity index (χ0v) is 15.2. The fourth-order valence-electron chi connectivity index (χ4n) is 2.98. The van der Waals surface area contributed by atoms with Gasteiger partial charge in [0.05, 0.1) is 13.0 Å². The largest absolute Gasteiger partial charge is 0.497 e. The first-order valence-electron chi connectivity index (χ1n) is 8.50. The lowest BCUT2D eigenvalue weighted by Crippen LogP contribution is -2.28. The summed E-state index contributed by atoms with van der Waals surface area (Å²) in [4.78, 5) is 28.5. The Kier molecular flexibility index (Phi) is 5.11. The molecule has 136 valence electrons. The van der Waals surface area contributed by atoms with E-state index < -0.39 is 0 Å². The van der Waals surface area contributed by atoms with Gasteiger partial charge in [-0.1, -0.05) is 0 Å². The molecule has 1 saturated heterocycles. The van der Waals surface area contributed by atoms with Crippen molar-refractivity contribution in [3.05, 3.63) is 48.5 Å². The van der Waals surface area contributed by atoms with E-state index in [2.05, 4.69) is 5.32 Å². The third-order valence-electron chi connectivity index (χ3n) is 4.53. The van der Waals surface area contributed by atoms with Crippen LogP contribution in [-0.4, -0.2) is 39.6 Å². The van der Waals surface area contributed by atoms with Crippen LogP contribution in [0.25, 0.3) is 0 Å². The molecule has 1 aliphatic heterocycles. The molecule has 1 atom stereocenters. The molecule has 0 spiro atoms. The number of rotatable bonds is 5. The van der Waals surface area contributed by atoms with Crippen LogP contribution in [0.3, 0.4) is 0 Å². The van der Waals surface area contributed by atoms with Crippen LogP contribution in [0.2, 0.25) is 0 Å². The van der Waals surface area contributed by atoms with Crippen molar-refractivity contribution in [2.75, 3.05) is 42.9 Å². The Morgan fingerprint density at radius 3 is 2.35 bits per heavy atom. The first kappa shape index (κ1) is 17.8. The molecule has 6 heteroatoms. The normalized spacial score (nSPS) is 16.5. The van der Waals surface area contributed by atoms with Crippen molar-refractivity contribution in [2.45, 2.75) is 6.42 Å². The Morgan fingerprint density at radius 1 is 1.12 bits per heavy atom. The molecule has 1 aliphatic rings. The summed E-state index contributed by atoms with van der Waals surface area (Å²) in [6.45, 7) is 0.382. The quantitative estimate of drug-likeness (QED) is 0.898. The third-order valence-corrected chi connectivity index (χ3v) is 4.53. The van der Waals surface area contributed by atoms with Crippen LogP contribution in [0.15, 0.2) is 48.5 Å². The fourth-order valence-corrected chi connectivity index (χ4v) is 2.98. The Hall–Kier alpha value is -3.02. The molecule has 26 heavy (non-hydrogen) atoms. The lowest BCUT2D eigenvalue weighted by molar-refractivity contribution is -0.122. The summed E-state index contributed by atoms with van der Waals surface area (Å²) in [7, 11) is 5.53. The fraction of sp³-hybridized carbons (Fsp3) is 0.300. The van der Waals surface area contributed by atoms with Crippen molar-refractivity contribution < 1.29 is 14.3 Å². The van der Waals surface area contributed by atoms with Crippen LogP contribution in [0, 0.1) is 5.92 Å². The number of hydrogen-bond donors (Lipinski definition) is 1. The summed E-state index contributed by atoms with van der Waals surface area (Å²) >= 11 is 0. The average molecular weight is 353 g/mol. The Bertz CT molecular complexity index is 785. The number of anilines is 3. The standard InChI is InChI=1S/C20H23N3O3/c1-22(2)16-6-4-15(5-7-16)21-20(25)14-12-19(24)23(13-14)17-8-10-18(26-3)11-9-17/h4-11,14H,12-13H2,1-3H3,(H,21,25)/t14-/m1/s1. The molecular formula is C20H23N3O3. The monoisotopic (exact) mass is 353 g/mol. The van der Waals surface area contributed by atoms with Gasteiger partial charge in [-0.25, -0.2) is 0 Å². The van der Waals surface area contributed by atoms with E-state index in [0.29, 0.717) is 6.54 Å². The highest BCUT2D eigenvalue weighted by Gasteiger charge is 2.35. The number of nitrogens with zero attached hydrogens (tertiary/aromatic N) is 2. The summed E-state index contributed by atoms with van der Waals surface area (Å²) in [5.41, 5.74) is 2.57. The molecule has 0 unspecified atom stereocenters. The van der Waals surface area contributed by atoms with Gasteiger partial charge < -0.3 is 19.9 Å². The van der Waals surface area contributed by atoms with E-state index >= 15 is 0 Å². The highest BCUT2D eigenvalue weighted by Crippen LogP contribution is 2.27. The van der Waals surface area contributed by atoms with Crippen LogP contribution >= 0.6 is 0 Å². The van der Waals surface area contributed by atoms with Crippen LogP contribution in [0.4, 0.5) is 17.1 Å². The number of hydrogen-bond acceptors (Lipinski definition) is 4. The molecular weight excluding hydrogens is 330 g/mol. The number of carbonyl (C=O) groups is 2. The maximum Gasteiger partial charge on any atom is 0.229 e. The zero-order chi connectivity index (χ0) is 18.7. The van der Waals surface area contributed by atoms with Crippen LogP contribution < -0.4 is 19.9 Å².